The number of hydrogen-bond acceptors (Lipinski definition) is 4. The third-order valence-electron chi connectivity index (χ3n) is 3.75. The van der Waals surface area contributed by atoms with Gasteiger partial charge in [0.15, 0.2) is 0 Å². The SMILES string of the molecule is CCOC1CSC2(C1)CN(C(=O)c1cn(C)cn1)C2. The Hall–Kier alpha value is -1.01. The first kappa shape index (κ1) is 13.0. The Kier molecular flexibility index (Phi) is 3.30. The van der Waals surface area contributed by atoms with Gasteiger partial charge in [0.25, 0.3) is 5.91 Å². The summed E-state index contributed by atoms with van der Waals surface area (Å²) in [6, 6.07) is 0. The molecule has 2 aliphatic heterocycles. The molecule has 0 radical (unpaired) electrons. The van der Waals surface area contributed by atoms with Crippen LogP contribution in [0.3, 0.4) is 0 Å². The molecule has 19 heavy (non-hydrogen) atoms. The maximum absolute atomic E-state index is 12.2. The van der Waals surface area contributed by atoms with Crippen molar-refractivity contribution in [3.63, 3.8) is 0 Å². The summed E-state index contributed by atoms with van der Waals surface area (Å²) in [5.41, 5.74) is 0.543. The van der Waals surface area contributed by atoms with Crippen molar-refractivity contribution >= 4 is 17.7 Å². The molecule has 0 saturated carbocycles. The Morgan fingerprint density at radius 2 is 2.42 bits per heavy atom. The minimum atomic E-state index is 0.0479. The molecule has 1 atom stereocenters. The third-order valence-corrected chi connectivity index (χ3v) is 5.32. The topological polar surface area (TPSA) is 47.4 Å². The maximum Gasteiger partial charge on any atom is 0.274 e. The van der Waals surface area contributed by atoms with E-state index in [2.05, 4.69) is 4.98 Å². The van der Waals surface area contributed by atoms with Crippen molar-refractivity contribution in [2.24, 2.45) is 7.05 Å². The molecular weight excluding hydrogens is 262 g/mol. The molecule has 2 fully saturated rings. The van der Waals surface area contributed by atoms with Crippen LogP contribution in [0.25, 0.3) is 0 Å². The summed E-state index contributed by atoms with van der Waals surface area (Å²) in [4.78, 5) is 18.2. The molecule has 6 heteroatoms. The molecule has 2 aliphatic rings. The van der Waals surface area contributed by atoms with Gasteiger partial charge in [-0.2, -0.15) is 0 Å². The summed E-state index contributed by atoms with van der Waals surface area (Å²) in [6.07, 6.45) is 4.87. The molecule has 3 heterocycles. The molecule has 3 rings (SSSR count). The van der Waals surface area contributed by atoms with Crippen LogP contribution < -0.4 is 0 Å². The highest BCUT2D eigenvalue weighted by molar-refractivity contribution is 8.01. The Morgan fingerprint density at radius 3 is 3.05 bits per heavy atom. The molecule has 5 nitrogen and oxygen atoms in total. The zero-order chi connectivity index (χ0) is 13.5. The third kappa shape index (κ3) is 2.39. The van der Waals surface area contributed by atoms with E-state index < -0.39 is 0 Å². The number of rotatable bonds is 3. The predicted octanol–water partition coefficient (Wildman–Crippen LogP) is 1.16. The molecule has 1 unspecified atom stereocenters. The van der Waals surface area contributed by atoms with Crippen LogP contribution >= 0.6 is 11.8 Å². The largest absolute Gasteiger partial charge is 0.378 e. The Bertz CT molecular complexity index is 482. The zero-order valence-corrected chi connectivity index (χ0v) is 12.2. The van der Waals surface area contributed by atoms with Gasteiger partial charge in [-0.25, -0.2) is 4.98 Å². The molecule has 1 aromatic rings. The highest BCUT2D eigenvalue weighted by Crippen LogP contribution is 2.46. The molecule has 0 bridgehead atoms. The summed E-state index contributed by atoms with van der Waals surface area (Å²) in [6.45, 7) is 4.47. The second kappa shape index (κ2) is 4.83. The Balaban J connectivity index is 1.57. The van der Waals surface area contributed by atoms with Gasteiger partial charge in [-0.3, -0.25) is 4.79 Å². The van der Waals surface area contributed by atoms with Gasteiger partial charge in [0.2, 0.25) is 0 Å². The number of carbonyl (C=O) groups excluding carboxylic acids is 1. The van der Waals surface area contributed by atoms with Crippen LogP contribution in [0.1, 0.15) is 23.8 Å². The highest BCUT2D eigenvalue weighted by Gasteiger charge is 2.51. The fraction of sp³-hybridized carbons (Fsp3) is 0.692. The van der Waals surface area contributed by atoms with E-state index >= 15 is 0 Å². The molecule has 1 spiro atoms. The van der Waals surface area contributed by atoms with Crippen LogP contribution in [-0.2, 0) is 11.8 Å². The monoisotopic (exact) mass is 281 g/mol. The second-order valence-corrected chi connectivity index (χ2v) is 6.85. The summed E-state index contributed by atoms with van der Waals surface area (Å²) < 4.78 is 7.72. The quantitative estimate of drug-likeness (QED) is 0.834. The van der Waals surface area contributed by atoms with E-state index in [0.29, 0.717) is 11.8 Å². The summed E-state index contributed by atoms with van der Waals surface area (Å²) in [5.74, 6) is 1.10. The fourth-order valence-electron chi connectivity index (χ4n) is 2.84. The minimum Gasteiger partial charge on any atom is -0.378 e. The van der Waals surface area contributed by atoms with E-state index in [1.807, 2.05) is 30.6 Å². The first-order chi connectivity index (χ1) is 9.12. The summed E-state index contributed by atoms with van der Waals surface area (Å²) in [5, 5.41) is 0. The number of aromatic nitrogens is 2. The average molecular weight is 281 g/mol. The second-order valence-electron chi connectivity index (χ2n) is 5.36. The number of hydrogen-bond donors (Lipinski definition) is 0. The van der Waals surface area contributed by atoms with Crippen molar-refractivity contribution in [1.29, 1.82) is 0 Å². The number of thioether (sulfide) groups is 1. The van der Waals surface area contributed by atoms with Gasteiger partial charge in [0, 0.05) is 38.7 Å². The van der Waals surface area contributed by atoms with E-state index in [4.69, 9.17) is 4.74 Å². The molecule has 104 valence electrons. The van der Waals surface area contributed by atoms with Crippen LogP contribution in [0, 0.1) is 0 Å². The van der Waals surface area contributed by atoms with Gasteiger partial charge in [-0.1, -0.05) is 0 Å². The molecule has 0 N–H and O–H groups in total. The lowest BCUT2D eigenvalue weighted by atomic mass is 9.92. The molecule has 1 aromatic heterocycles. The van der Waals surface area contributed by atoms with Gasteiger partial charge >= 0.3 is 0 Å². The van der Waals surface area contributed by atoms with Crippen molar-refractivity contribution in [3.05, 3.63) is 18.2 Å². The van der Waals surface area contributed by atoms with E-state index in [1.165, 1.54) is 0 Å². The number of imidazole rings is 1. The van der Waals surface area contributed by atoms with E-state index in [1.54, 1.807) is 17.1 Å². The van der Waals surface area contributed by atoms with Gasteiger partial charge in [0.05, 0.1) is 17.2 Å². The fourth-order valence-corrected chi connectivity index (χ4v) is 4.40. The smallest absolute Gasteiger partial charge is 0.274 e. The predicted molar refractivity (Wildman–Crippen MR) is 74.3 cm³/mol. The summed E-state index contributed by atoms with van der Waals surface area (Å²) in [7, 11) is 1.88. The van der Waals surface area contributed by atoms with Crippen LogP contribution in [0.4, 0.5) is 0 Å². The van der Waals surface area contributed by atoms with Crippen molar-refractivity contribution in [3.8, 4) is 0 Å². The number of carbonyl (C=O) groups is 1. The van der Waals surface area contributed by atoms with Gasteiger partial charge in [-0.05, 0) is 13.3 Å². The van der Waals surface area contributed by atoms with Crippen LogP contribution in [-0.4, -0.2) is 56.7 Å². The minimum absolute atomic E-state index is 0.0479. The van der Waals surface area contributed by atoms with Crippen molar-refractivity contribution < 1.29 is 9.53 Å². The number of ether oxygens (including phenoxy) is 1. The first-order valence-corrected chi connectivity index (χ1v) is 7.63. The highest BCUT2D eigenvalue weighted by atomic mass is 32.2. The lowest BCUT2D eigenvalue weighted by Crippen LogP contribution is -2.60. The van der Waals surface area contributed by atoms with Crippen molar-refractivity contribution in [1.82, 2.24) is 14.5 Å². The van der Waals surface area contributed by atoms with E-state index in [-0.39, 0.29) is 10.7 Å². The van der Waals surface area contributed by atoms with Crippen LogP contribution in [0.15, 0.2) is 12.5 Å². The van der Waals surface area contributed by atoms with Crippen LogP contribution in [0.5, 0.6) is 0 Å². The number of aryl methyl sites for hydroxylation is 1. The Labute approximate surface area is 117 Å². The number of nitrogens with zero attached hydrogens (tertiary/aromatic N) is 3. The number of likely N-dealkylation sites (tertiary alicyclic amines) is 1. The van der Waals surface area contributed by atoms with Crippen molar-refractivity contribution in [2.45, 2.75) is 24.2 Å². The summed E-state index contributed by atoms with van der Waals surface area (Å²) >= 11 is 1.96. The van der Waals surface area contributed by atoms with E-state index in [0.717, 1.165) is 31.9 Å². The molecule has 2 saturated heterocycles. The maximum atomic E-state index is 12.2. The van der Waals surface area contributed by atoms with E-state index in [9.17, 15) is 4.79 Å². The molecular formula is C13H19N3O2S. The number of amides is 1. The van der Waals surface area contributed by atoms with Gasteiger partial charge in [0.1, 0.15) is 5.69 Å². The Morgan fingerprint density at radius 1 is 1.63 bits per heavy atom. The lowest BCUT2D eigenvalue weighted by Gasteiger charge is -2.47. The van der Waals surface area contributed by atoms with Gasteiger partial charge in [-0.15, -0.1) is 11.8 Å². The average Bonchev–Trinajstić information content (AvgIpc) is 2.94. The molecule has 0 aromatic carbocycles. The standard InChI is InChI=1S/C13H19N3O2S/c1-3-18-10-4-13(19-6-10)7-16(8-13)12(17)11-5-15(2)9-14-11/h5,9-10H,3-4,6-8H2,1-2H3. The normalized spacial score (nSPS) is 24.7. The van der Waals surface area contributed by atoms with Gasteiger partial charge < -0.3 is 14.2 Å². The lowest BCUT2D eigenvalue weighted by molar-refractivity contribution is 0.0356. The molecule has 0 aliphatic carbocycles. The zero-order valence-electron chi connectivity index (χ0n) is 11.3. The molecule has 1 amide bonds. The first-order valence-electron chi connectivity index (χ1n) is 6.65. The van der Waals surface area contributed by atoms with Crippen LogP contribution in [0.2, 0.25) is 0 Å². The van der Waals surface area contributed by atoms with Crippen molar-refractivity contribution in [2.75, 3.05) is 25.4 Å².